The molecular formula is C20H16ClF2N3O5S. The zero-order valence-electron chi connectivity index (χ0n) is 16.6. The third-order valence-electron chi connectivity index (χ3n) is 4.42. The van der Waals surface area contributed by atoms with Crippen molar-refractivity contribution in [3.63, 3.8) is 0 Å². The van der Waals surface area contributed by atoms with Crippen LogP contribution in [0.25, 0.3) is 10.9 Å². The third-order valence-corrected chi connectivity index (χ3v) is 5.63. The SMILES string of the molecule is COCCn1c(SCC(=O)Nc2ccc3c(c2)OC(F)(F)O3)nc2cc(Cl)ccc2c1=O. The Balaban J connectivity index is 1.51. The van der Waals surface area contributed by atoms with Crippen LogP contribution >= 0.6 is 23.4 Å². The van der Waals surface area contributed by atoms with Crippen molar-refractivity contribution in [1.82, 2.24) is 9.55 Å². The van der Waals surface area contributed by atoms with Crippen molar-refractivity contribution in [3.8, 4) is 11.5 Å². The van der Waals surface area contributed by atoms with Gasteiger partial charge in [-0.3, -0.25) is 14.2 Å². The molecule has 0 bridgehead atoms. The topological polar surface area (TPSA) is 91.7 Å². The van der Waals surface area contributed by atoms with Crippen LogP contribution in [0.3, 0.4) is 0 Å². The summed E-state index contributed by atoms with van der Waals surface area (Å²) < 4.78 is 41.5. The van der Waals surface area contributed by atoms with Crippen molar-refractivity contribution in [2.75, 3.05) is 24.8 Å². The van der Waals surface area contributed by atoms with E-state index in [9.17, 15) is 18.4 Å². The van der Waals surface area contributed by atoms with Crippen LogP contribution in [0.5, 0.6) is 11.5 Å². The number of ether oxygens (including phenoxy) is 3. The van der Waals surface area contributed by atoms with Gasteiger partial charge >= 0.3 is 6.29 Å². The maximum atomic E-state index is 13.1. The molecule has 3 aromatic rings. The van der Waals surface area contributed by atoms with Gasteiger partial charge in [0.2, 0.25) is 5.91 Å². The number of aromatic nitrogens is 2. The molecule has 32 heavy (non-hydrogen) atoms. The molecule has 0 saturated carbocycles. The van der Waals surface area contributed by atoms with Crippen molar-refractivity contribution >= 4 is 45.9 Å². The lowest BCUT2D eigenvalue weighted by molar-refractivity contribution is -0.286. The van der Waals surface area contributed by atoms with Gasteiger partial charge in [0.25, 0.3) is 5.56 Å². The van der Waals surface area contributed by atoms with E-state index in [0.29, 0.717) is 21.1 Å². The minimum atomic E-state index is -3.74. The van der Waals surface area contributed by atoms with Crippen molar-refractivity contribution in [2.45, 2.75) is 18.0 Å². The average molecular weight is 484 g/mol. The largest absolute Gasteiger partial charge is 0.586 e. The Bertz CT molecular complexity index is 1250. The first-order valence-electron chi connectivity index (χ1n) is 9.27. The Kier molecular flexibility index (Phi) is 6.22. The molecule has 0 aliphatic carbocycles. The van der Waals surface area contributed by atoms with Crippen LogP contribution in [0.1, 0.15) is 0 Å². The number of carbonyl (C=O) groups is 1. The summed E-state index contributed by atoms with van der Waals surface area (Å²) in [6, 6.07) is 8.71. The van der Waals surface area contributed by atoms with E-state index < -0.39 is 12.2 Å². The van der Waals surface area contributed by atoms with Crippen molar-refractivity contribution in [1.29, 1.82) is 0 Å². The predicted octanol–water partition coefficient (Wildman–Crippen LogP) is 3.75. The maximum Gasteiger partial charge on any atom is 0.586 e. The van der Waals surface area contributed by atoms with Crippen LogP contribution in [0, 0.1) is 0 Å². The second-order valence-corrected chi connectivity index (χ2v) is 8.05. The monoisotopic (exact) mass is 483 g/mol. The summed E-state index contributed by atoms with van der Waals surface area (Å²) in [6.45, 7) is 0.531. The quantitative estimate of drug-likeness (QED) is 0.404. The molecule has 168 valence electrons. The smallest absolute Gasteiger partial charge is 0.395 e. The van der Waals surface area contributed by atoms with E-state index in [4.69, 9.17) is 16.3 Å². The maximum absolute atomic E-state index is 13.1. The van der Waals surface area contributed by atoms with Crippen molar-refractivity contribution in [3.05, 3.63) is 51.8 Å². The molecule has 4 rings (SSSR count). The van der Waals surface area contributed by atoms with E-state index in [1.165, 1.54) is 29.9 Å². The van der Waals surface area contributed by atoms with E-state index in [2.05, 4.69) is 19.8 Å². The molecule has 0 fully saturated rings. The van der Waals surface area contributed by atoms with Crippen LogP contribution < -0.4 is 20.3 Å². The minimum absolute atomic E-state index is 0.0872. The summed E-state index contributed by atoms with van der Waals surface area (Å²) in [5, 5.41) is 3.74. The Morgan fingerprint density at radius 3 is 2.81 bits per heavy atom. The highest BCUT2D eigenvalue weighted by molar-refractivity contribution is 7.99. The van der Waals surface area contributed by atoms with Crippen molar-refractivity contribution < 1.29 is 27.8 Å². The van der Waals surface area contributed by atoms with E-state index >= 15 is 0 Å². The van der Waals surface area contributed by atoms with Crippen LogP contribution in [0.4, 0.5) is 14.5 Å². The molecule has 0 spiro atoms. The summed E-state index contributed by atoms with van der Waals surface area (Å²) in [6.07, 6.45) is -3.74. The number of hydrogen-bond donors (Lipinski definition) is 1. The highest BCUT2D eigenvalue weighted by Gasteiger charge is 2.43. The number of anilines is 1. The van der Waals surface area contributed by atoms with Crippen LogP contribution in [-0.2, 0) is 16.1 Å². The van der Waals surface area contributed by atoms with Gasteiger partial charge in [0.15, 0.2) is 16.7 Å². The van der Waals surface area contributed by atoms with Gasteiger partial charge in [-0.1, -0.05) is 23.4 Å². The normalized spacial score (nSPS) is 14.0. The number of amides is 1. The molecule has 1 amide bonds. The fourth-order valence-electron chi connectivity index (χ4n) is 3.02. The van der Waals surface area contributed by atoms with Gasteiger partial charge in [-0.05, 0) is 30.3 Å². The Morgan fingerprint density at radius 2 is 2.03 bits per heavy atom. The number of thioether (sulfide) groups is 1. The Morgan fingerprint density at radius 1 is 1.25 bits per heavy atom. The second kappa shape index (κ2) is 8.93. The first kappa shape index (κ1) is 22.3. The van der Waals surface area contributed by atoms with E-state index in [1.807, 2.05) is 0 Å². The highest BCUT2D eigenvalue weighted by atomic mass is 35.5. The lowest BCUT2D eigenvalue weighted by atomic mass is 10.2. The standard InChI is InChI=1S/C20H16ClF2N3O5S/c1-29-7-6-26-18(28)13-4-2-11(21)8-14(13)25-19(26)32-10-17(27)24-12-3-5-15-16(9-12)31-20(22,23)30-15/h2-5,8-9H,6-7,10H2,1H3,(H,24,27). The predicted molar refractivity (Wildman–Crippen MR) is 115 cm³/mol. The summed E-state index contributed by atoms with van der Waals surface area (Å²) in [5.41, 5.74) is 0.393. The fraction of sp³-hybridized carbons (Fsp3) is 0.250. The zero-order chi connectivity index (χ0) is 22.9. The molecular weight excluding hydrogens is 468 g/mol. The molecule has 12 heteroatoms. The fourth-order valence-corrected chi connectivity index (χ4v) is 4.01. The van der Waals surface area contributed by atoms with Gasteiger partial charge in [-0.2, -0.15) is 0 Å². The molecule has 0 radical (unpaired) electrons. The summed E-state index contributed by atoms with van der Waals surface area (Å²) >= 11 is 7.07. The van der Waals surface area contributed by atoms with Gasteiger partial charge in [0.1, 0.15) is 0 Å². The number of alkyl halides is 2. The van der Waals surface area contributed by atoms with Gasteiger partial charge in [-0.25, -0.2) is 4.98 Å². The van der Waals surface area contributed by atoms with Crippen LogP contribution in [0.15, 0.2) is 46.3 Å². The second-order valence-electron chi connectivity index (χ2n) is 6.67. The lowest BCUT2D eigenvalue weighted by Gasteiger charge is -2.13. The Hall–Kier alpha value is -2.89. The lowest BCUT2D eigenvalue weighted by Crippen LogP contribution is -2.26. The summed E-state index contributed by atoms with van der Waals surface area (Å²) in [7, 11) is 1.51. The summed E-state index contributed by atoms with van der Waals surface area (Å²) in [5.74, 6) is -0.819. The molecule has 1 aliphatic rings. The zero-order valence-corrected chi connectivity index (χ0v) is 18.1. The number of fused-ring (bicyclic) bond motifs is 2. The number of methoxy groups -OCH3 is 1. The van der Waals surface area contributed by atoms with Crippen molar-refractivity contribution in [2.24, 2.45) is 0 Å². The van der Waals surface area contributed by atoms with E-state index in [0.717, 1.165) is 11.8 Å². The molecule has 0 atom stereocenters. The van der Waals surface area contributed by atoms with Crippen LogP contribution in [-0.4, -0.2) is 41.2 Å². The van der Waals surface area contributed by atoms with E-state index in [1.54, 1.807) is 18.2 Å². The molecule has 2 heterocycles. The Labute approximate surface area is 189 Å². The van der Waals surface area contributed by atoms with E-state index in [-0.39, 0.29) is 41.7 Å². The number of hydrogen-bond acceptors (Lipinski definition) is 7. The average Bonchev–Trinajstić information content (AvgIpc) is 3.04. The van der Waals surface area contributed by atoms with Gasteiger partial charge < -0.3 is 19.5 Å². The number of carbonyl (C=O) groups excluding carboxylic acids is 1. The number of halogens is 3. The summed E-state index contributed by atoms with van der Waals surface area (Å²) in [4.78, 5) is 29.8. The molecule has 1 N–H and O–H groups in total. The molecule has 1 aliphatic heterocycles. The number of rotatable bonds is 7. The third kappa shape index (κ3) is 4.79. The molecule has 1 aromatic heterocycles. The molecule has 8 nitrogen and oxygen atoms in total. The molecule has 2 aromatic carbocycles. The minimum Gasteiger partial charge on any atom is -0.395 e. The van der Waals surface area contributed by atoms with Gasteiger partial charge in [0.05, 0.1) is 29.8 Å². The molecule has 0 unspecified atom stereocenters. The number of nitrogens with zero attached hydrogens (tertiary/aromatic N) is 2. The first-order chi connectivity index (χ1) is 15.3. The highest BCUT2D eigenvalue weighted by Crippen LogP contribution is 2.42. The van der Waals surface area contributed by atoms with Gasteiger partial charge in [-0.15, -0.1) is 8.78 Å². The molecule has 0 saturated heterocycles. The first-order valence-corrected chi connectivity index (χ1v) is 10.6. The van der Waals surface area contributed by atoms with Gasteiger partial charge in [0, 0.05) is 23.9 Å². The van der Waals surface area contributed by atoms with Crippen LogP contribution in [0.2, 0.25) is 5.02 Å². The number of benzene rings is 2. The number of nitrogens with one attached hydrogen (secondary N) is 1.